The molecule has 0 fully saturated rings. The maximum atomic E-state index is 6.12. The highest BCUT2D eigenvalue weighted by molar-refractivity contribution is 7.15. The van der Waals surface area contributed by atoms with Crippen molar-refractivity contribution in [2.24, 2.45) is 0 Å². The molecule has 5 heteroatoms. The molecular formula is C16H18Cl2N2S. The molecule has 2 aromatic rings. The second-order valence-electron chi connectivity index (χ2n) is 5.36. The van der Waals surface area contributed by atoms with Crippen LogP contribution in [-0.2, 0) is 6.42 Å². The standard InChI is InChI=1S/C16H18Cl2N2S/c1-2-8-19-13-4-3-5-14-15(13)20-16(21-14)10-6-7-11(17)12(18)9-10/h6-7,9,13,19H,2-5,8H2,1H3. The van der Waals surface area contributed by atoms with Crippen molar-refractivity contribution in [2.45, 2.75) is 38.6 Å². The third-order valence-electron chi connectivity index (χ3n) is 3.76. The first-order valence-corrected chi connectivity index (χ1v) is 8.94. The Morgan fingerprint density at radius 3 is 2.95 bits per heavy atom. The van der Waals surface area contributed by atoms with Gasteiger partial charge in [0.05, 0.1) is 21.8 Å². The molecule has 112 valence electrons. The van der Waals surface area contributed by atoms with E-state index in [2.05, 4.69) is 12.2 Å². The summed E-state index contributed by atoms with van der Waals surface area (Å²) in [5.41, 5.74) is 2.29. The smallest absolute Gasteiger partial charge is 0.123 e. The van der Waals surface area contributed by atoms with Gasteiger partial charge in [0, 0.05) is 10.4 Å². The lowest BCUT2D eigenvalue weighted by atomic mass is 9.97. The van der Waals surface area contributed by atoms with Gasteiger partial charge in [0.25, 0.3) is 0 Å². The zero-order chi connectivity index (χ0) is 14.8. The van der Waals surface area contributed by atoms with E-state index in [0.717, 1.165) is 30.0 Å². The Morgan fingerprint density at radius 2 is 2.19 bits per heavy atom. The van der Waals surface area contributed by atoms with Crippen LogP contribution in [-0.4, -0.2) is 11.5 Å². The number of benzene rings is 1. The van der Waals surface area contributed by atoms with Crippen molar-refractivity contribution in [3.8, 4) is 10.6 Å². The van der Waals surface area contributed by atoms with E-state index in [-0.39, 0.29) is 0 Å². The van der Waals surface area contributed by atoms with E-state index < -0.39 is 0 Å². The number of thiazole rings is 1. The summed E-state index contributed by atoms with van der Waals surface area (Å²) in [5.74, 6) is 0. The monoisotopic (exact) mass is 340 g/mol. The summed E-state index contributed by atoms with van der Waals surface area (Å²) in [7, 11) is 0. The second-order valence-corrected chi connectivity index (χ2v) is 7.25. The van der Waals surface area contributed by atoms with Gasteiger partial charge in [0.15, 0.2) is 0 Å². The second kappa shape index (κ2) is 6.66. The summed E-state index contributed by atoms with van der Waals surface area (Å²) in [5, 5.41) is 5.83. The molecule has 1 aromatic heterocycles. The normalized spacial score (nSPS) is 17.8. The molecule has 1 atom stereocenters. The molecule has 1 heterocycles. The predicted octanol–water partition coefficient (Wildman–Crippen LogP) is 5.49. The molecule has 1 aromatic carbocycles. The molecule has 1 aliphatic rings. The van der Waals surface area contributed by atoms with Gasteiger partial charge < -0.3 is 5.32 Å². The van der Waals surface area contributed by atoms with E-state index in [4.69, 9.17) is 28.2 Å². The number of nitrogens with zero attached hydrogens (tertiary/aromatic N) is 1. The van der Waals surface area contributed by atoms with Gasteiger partial charge in [-0.25, -0.2) is 4.98 Å². The van der Waals surface area contributed by atoms with Crippen LogP contribution in [0.25, 0.3) is 10.6 Å². The Morgan fingerprint density at radius 1 is 1.33 bits per heavy atom. The summed E-state index contributed by atoms with van der Waals surface area (Å²) in [6.07, 6.45) is 4.70. The van der Waals surface area contributed by atoms with E-state index >= 15 is 0 Å². The van der Waals surface area contributed by atoms with Crippen molar-refractivity contribution in [2.75, 3.05) is 6.54 Å². The number of hydrogen-bond donors (Lipinski definition) is 1. The highest BCUT2D eigenvalue weighted by Crippen LogP contribution is 2.38. The quantitative estimate of drug-likeness (QED) is 0.795. The molecule has 3 rings (SSSR count). The van der Waals surface area contributed by atoms with E-state index in [1.807, 2.05) is 18.2 Å². The number of hydrogen-bond acceptors (Lipinski definition) is 3. The Balaban J connectivity index is 1.91. The van der Waals surface area contributed by atoms with Crippen LogP contribution in [0.2, 0.25) is 10.0 Å². The van der Waals surface area contributed by atoms with Gasteiger partial charge >= 0.3 is 0 Å². The van der Waals surface area contributed by atoms with Crippen molar-refractivity contribution in [3.05, 3.63) is 38.8 Å². The first kappa shape index (κ1) is 15.3. The number of fused-ring (bicyclic) bond motifs is 1. The van der Waals surface area contributed by atoms with Crippen LogP contribution in [0.4, 0.5) is 0 Å². The molecule has 21 heavy (non-hydrogen) atoms. The van der Waals surface area contributed by atoms with Crippen LogP contribution in [0.3, 0.4) is 0 Å². The molecular weight excluding hydrogens is 323 g/mol. The predicted molar refractivity (Wildman–Crippen MR) is 91.5 cm³/mol. The molecule has 1 N–H and O–H groups in total. The molecule has 0 radical (unpaired) electrons. The molecule has 0 aliphatic heterocycles. The Bertz CT molecular complexity index is 639. The minimum atomic E-state index is 0.404. The van der Waals surface area contributed by atoms with E-state index in [0.29, 0.717) is 16.1 Å². The van der Waals surface area contributed by atoms with Gasteiger partial charge in [-0.15, -0.1) is 11.3 Å². The van der Waals surface area contributed by atoms with Gasteiger partial charge in [0.1, 0.15) is 5.01 Å². The van der Waals surface area contributed by atoms with Gasteiger partial charge in [-0.05, 0) is 44.4 Å². The SMILES string of the molecule is CCCNC1CCCc2sc(-c3ccc(Cl)c(Cl)c3)nc21. The van der Waals surface area contributed by atoms with Crippen LogP contribution >= 0.6 is 34.5 Å². The number of aromatic nitrogens is 1. The Hall–Kier alpha value is -0.610. The average molecular weight is 341 g/mol. The fourth-order valence-electron chi connectivity index (χ4n) is 2.69. The van der Waals surface area contributed by atoms with Gasteiger partial charge in [-0.3, -0.25) is 0 Å². The molecule has 0 amide bonds. The highest BCUT2D eigenvalue weighted by Gasteiger charge is 2.24. The van der Waals surface area contributed by atoms with Crippen LogP contribution in [0.5, 0.6) is 0 Å². The largest absolute Gasteiger partial charge is 0.309 e. The number of nitrogens with one attached hydrogen (secondary N) is 1. The average Bonchev–Trinajstić information content (AvgIpc) is 2.92. The summed E-state index contributed by atoms with van der Waals surface area (Å²) in [6.45, 7) is 3.24. The zero-order valence-electron chi connectivity index (χ0n) is 12.0. The zero-order valence-corrected chi connectivity index (χ0v) is 14.3. The van der Waals surface area contributed by atoms with E-state index in [9.17, 15) is 0 Å². The first-order valence-electron chi connectivity index (χ1n) is 7.37. The lowest BCUT2D eigenvalue weighted by Gasteiger charge is -2.22. The molecule has 1 unspecified atom stereocenters. The summed E-state index contributed by atoms with van der Waals surface area (Å²) in [4.78, 5) is 6.29. The van der Waals surface area contributed by atoms with Crippen LogP contribution < -0.4 is 5.32 Å². The number of aryl methyl sites for hydroxylation is 1. The minimum Gasteiger partial charge on any atom is -0.309 e. The van der Waals surface area contributed by atoms with E-state index in [1.165, 1.54) is 23.4 Å². The molecule has 1 aliphatic carbocycles. The van der Waals surface area contributed by atoms with Crippen LogP contribution in [0.1, 0.15) is 42.8 Å². The fraction of sp³-hybridized carbons (Fsp3) is 0.438. The molecule has 0 saturated heterocycles. The van der Waals surface area contributed by atoms with Crippen molar-refractivity contribution in [1.29, 1.82) is 0 Å². The number of rotatable bonds is 4. The van der Waals surface area contributed by atoms with Crippen LogP contribution in [0, 0.1) is 0 Å². The number of halogens is 2. The van der Waals surface area contributed by atoms with Crippen molar-refractivity contribution < 1.29 is 0 Å². The van der Waals surface area contributed by atoms with Gasteiger partial charge in [0.2, 0.25) is 0 Å². The molecule has 2 nitrogen and oxygen atoms in total. The topological polar surface area (TPSA) is 24.9 Å². The van der Waals surface area contributed by atoms with Gasteiger partial charge in [-0.2, -0.15) is 0 Å². The summed E-state index contributed by atoms with van der Waals surface area (Å²) >= 11 is 13.9. The summed E-state index contributed by atoms with van der Waals surface area (Å²) < 4.78 is 0. The van der Waals surface area contributed by atoms with Crippen LogP contribution in [0.15, 0.2) is 18.2 Å². The lowest BCUT2D eigenvalue weighted by molar-refractivity contribution is 0.454. The fourth-order valence-corrected chi connectivity index (χ4v) is 4.15. The minimum absolute atomic E-state index is 0.404. The molecule has 0 spiro atoms. The van der Waals surface area contributed by atoms with Crippen molar-refractivity contribution >= 4 is 34.5 Å². The maximum Gasteiger partial charge on any atom is 0.123 e. The summed E-state index contributed by atoms with van der Waals surface area (Å²) in [6, 6.07) is 6.14. The molecule has 0 bridgehead atoms. The van der Waals surface area contributed by atoms with Gasteiger partial charge in [-0.1, -0.05) is 36.2 Å². The van der Waals surface area contributed by atoms with E-state index in [1.54, 1.807) is 11.3 Å². The Labute approximate surface area is 139 Å². The molecule has 0 saturated carbocycles. The lowest BCUT2D eigenvalue weighted by Crippen LogP contribution is -2.25. The van der Waals surface area contributed by atoms with Crippen molar-refractivity contribution in [1.82, 2.24) is 10.3 Å². The highest BCUT2D eigenvalue weighted by atomic mass is 35.5. The maximum absolute atomic E-state index is 6.12. The third kappa shape index (κ3) is 3.26. The van der Waals surface area contributed by atoms with Crippen molar-refractivity contribution in [3.63, 3.8) is 0 Å². The third-order valence-corrected chi connectivity index (χ3v) is 5.68. The first-order chi connectivity index (χ1) is 10.2. The Kier molecular flexibility index (Phi) is 4.85.